The zero-order valence-corrected chi connectivity index (χ0v) is 18.1. The number of aliphatic imine (C=N–C) groups is 1. The zero-order chi connectivity index (χ0) is 17.4. The van der Waals surface area contributed by atoms with Gasteiger partial charge in [0.2, 0.25) is 0 Å². The first-order valence-electron chi connectivity index (χ1n) is 8.61. The van der Waals surface area contributed by atoms with Crippen LogP contribution in [-0.4, -0.2) is 82.3 Å². The maximum Gasteiger partial charge on any atom is 0.191 e. The minimum atomic E-state index is 0. The minimum absolute atomic E-state index is 0. The van der Waals surface area contributed by atoms with E-state index in [0.29, 0.717) is 19.2 Å². The van der Waals surface area contributed by atoms with Crippen molar-refractivity contribution in [3.8, 4) is 5.75 Å². The lowest BCUT2D eigenvalue weighted by atomic mass is 10.2. The lowest BCUT2D eigenvalue weighted by Crippen LogP contribution is -2.55. The Labute approximate surface area is 169 Å². The molecule has 0 radical (unpaired) electrons. The Morgan fingerprint density at radius 1 is 1.20 bits per heavy atom. The van der Waals surface area contributed by atoms with Crippen molar-refractivity contribution in [2.75, 3.05) is 60.5 Å². The molecule has 0 bridgehead atoms. The summed E-state index contributed by atoms with van der Waals surface area (Å²) in [5, 5.41) is 6.71. The number of guanidine groups is 1. The summed E-state index contributed by atoms with van der Waals surface area (Å²) in [7, 11) is 6.16. The van der Waals surface area contributed by atoms with Gasteiger partial charge in [0.05, 0.1) is 6.54 Å². The highest BCUT2D eigenvalue weighted by atomic mass is 127. The van der Waals surface area contributed by atoms with Gasteiger partial charge in [-0.3, -0.25) is 9.89 Å². The molecule has 1 aliphatic heterocycles. The molecule has 1 fully saturated rings. The lowest BCUT2D eigenvalue weighted by molar-refractivity contribution is 0.116. The first-order valence-corrected chi connectivity index (χ1v) is 8.61. The van der Waals surface area contributed by atoms with E-state index >= 15 is 0 Å². The maximum atomic E-state index is 5.72. The Hall–Kier alpha value is -1.06. The van der Waals surface area contributed by atoms with Crippen molar-refractivity contribution in [1.82, 2.24) is 20.4 Å². The Kier molecular flexibility index (Phi) is 10.1. The molecule has 0 aliphatic carbocycles. The number of nitrogens with one attached hydrogen (secondary N) is 2. The molecule has 1 unspecified atom stereocenters. The molecular formula is C18H32IN5O. The van der Waals surface area contributed by atoms with Gasteiger partial charge in [0.15, 0.2) is 5.96 Å². The van der Waals surface area contributed by atoms with Crippen LogP contribution in [0.4, 0.5) is 0 Å². The van der Waals surface area contributed by atoms with Crippen LogP contribution in [0.2, 0.25) is 0 Å². The Morgan fingerprint density at radius 2 is 1.92 bits per heavy atom. The van der Waals surface area contributed by atoms with Gasteiger partial charge >= 0.3 is 0 Å². The van der Waals surface area contributed by atoms with Gasteiger partial charge in [-0.2, -0.15) is 0 Å². The Bertz CT molecular complexity index is 523. The van der Waals surface area contributed by atoms with Gasteiger partial charge in [-0.05, 0) is 33.2 Å². The maximum absolute atomic E-state index is 5.72. The fraction of sp³-hybridized carbons (Fsp3) is 0.611. The van der Waals surface area contributed by atoms with Crippen LogP contribution in [-0.2, 0) is 0 Å². The van der Waals surface area contributed by atoms with Gasteiger partial charge in [0.1, 0.15) is 12.4 Å². The van der Waals surface area contributed by atoms with Gasteiger partial charge < -0.3 is 20.3 Å². The molecule has 1 atom stereocenters. The molecule has 142 valence electrons. The fourth-order valence-corrected chi connectivity index (χ4v) is 2.73. The SMILES string of the molecule is CN=C(NCCOc1ccc(C)cc1)NCC1CN(C)CCN1C.I. The number of aryl methyl sites for hydroxylation is 1. The van der Waals surface area contributed by atoms with Crippen molar-refractivity contribution in [3.05, 3.63) is 29.8 Å². The number of rotatable bonds is 6. The largest absolute Gasteiger partial charge is 0.492 e. The monoisotopic (exact) mass is 461 g/mol. The number of hydrogen-bond acceptors (Lipinski definition) is 4. The molecule has 1 heterocycles. The molecule has 1 saturated heterocycles. The molecule has 25 heavy (non-hydrogen) atoms. The van der Waals surface area contributed by atoms with E-state index in [2.05, 4.69) is 58.6 Å². The van der Waals surface area contributed by atoms with Crippen molar-refractivity contribution < 1.29 is 4.74 Å². The van der Waals surface area contributed by atoms with Crippen LogP contribution in [0.3, 0.4) is 0 Å². The number of nitrogens with zero attached hydrogens (tertiary/aromatic N) is 3. The lowest BCUT2D eigenvalue weighted by Gasteiger charge is -2.37. The standard InChI is InChI=1S/C18H31N5O.HI/c1-15-5-7-17(8-6-15)24-12-9-20-18(19-2)21-13-16-14-22(3)10-11-23(16)4;/h5-8,16H,9-14H2,1-4H3,(H2,19,20,21);1H. The molecule has 0 saturated carbocycles. The third-order valence-electron chi connectivity index (χ3n) is 4.39. The van der Waals surface area contributed by atoms with E-state index in [1.807, 2.05) is 12.1 Å². The van der Waals surface area contributed by atoms with E-state index < -0.39 is 0 Å². The molecular weight excluding hydrogens is 429 g/mol. The van der Waals surface area contributed by atoms with E-state index in [0.717, 1.165) is 37.9 Å². The van der Waals surface area contributed by atoms with Crippen molar-refractivity contribution in [2.45, 2.75) is 13.0 Å². The molecule has 2 rings (SSSR count). The van der Waals surface area contributed by atoms with Crippen LogP contribution in [0.5, 0.6) is 5.75 Å². The van der Waals surface area contributed by atoms with Gasteiger partial charge in [-0.1, -0.05) is 17.7 Å². The summed E-state index contributed by atoms with van der Waals surface area (Å²) < 4.78 is 5.72. The second-order valence-corrected chi connectivity index (χ2v) is 6.44. The predicted molar refractivity (Wildman–Crippen MR) is 115 cm³/mol. The van der Waals surface area contributed by atoms with E-state index in [9.17, 15) is 0 Å². The summed E-state index contributed by atoms with van der Waals surface area (Å²) >= 11 is 0. The summed E-state index contributed by atoms with van der Waals surface area (Å²) in [5.74, 6) is 1.72. The van der Waals surface area contributed by atoms with Crippen LogP contribution >= 0.6 is 24.0 Å². The Balaban J connectivity index is 0.00000312. The number of benzene rings is 1. The van der Waals surface area contributed by atoms with E-state index in [-0.39, 0.29) is 24.0 Å². The average molecular weight is 461 g/mol. The second kappa shape index (κ2) is 11.5. The molecule has 7 heteroatoms. The second-order valence-electron chi connectivity index (χ2n) is 6.44. The third-order valence-corrected chi connectivity index (χ3v) is 4.39. The van der Waals surface area contributed by atoms with Gasteiger partial charge in [0, 0.05) is 39.3 Å². The van der Waals surface area contributed by atoms with Crippen LogP contribution in [0, 0.1) is 6.92 Å². The highest BCUT2D eigenvalue weighted by Gasteiger charge is 2.21. The highest BCUT2D eigenvalue weighted by molar-refractivity contribution is 14.0. The number of halogens is 1. The van der Waals surface area contributed by atoms with Crippen LogP contribution < -0.4 is 15.4 Å². The first-order chi connectivity index (χ1) is 11.6. The fourth-order valence-electron chi connectivity index (χ4n) is 2.73. The molecule has 1 aliphatic rings. The average Bonchev–Trinajstić information content (AvgIpc) is 2.58. The van der Waals surface area contributed by atoms with Crippen LogP contribution in [0.25, 0.3) is 0 Å². The summed E-state index contributed by atoms with van der Waals surface area (Å²) in [4.78, 5) is 9.06. The first kappa shape index (κ1) is 22.0. The molecule has 0 spiro atoms. The number of hydrogen-bond donors (Lipinski definition) is 2. The van der Waals surface area contributed by atoms with Crippen molar-refractivity contribution in [1.29, 1.82) is 0 Å². The summed E-state index contributed by atoms with van der Waals surface area (Å²) in [5.41, 5.74) is 1.24. The highest BCUT2D eigenvalue weighted by Crippen LogP contribution is 2.10. The van der Waals surface area contributed by atoms with E-state index in [1.165, 1.54) is 5.56 Å². The topological polar surface area (TPSA) is 52.1 Å². The van der Waals surface area contributed by atoms with Crippen LogP contribution in [0.15, 0.2) is 29.3 Å². The van der Waals surface area contributed by atoms with E-state index in [1.54, 1.807) is 7.05 Å². The smallest absolute Gasteiger partial charge is 0.191 e. The van der Waals surface area contributed by atoms with E-state index in [4.69, 9.17) is 4.74 Å². The quantitative estimate of drug-likeness (QED) is 0.291. The Morgan fingerprint density at radius 3 is 2.60 bits per heavy atom. The zero-order valence-electron chi connectivity index (χ0n) is 15.8. The third kappa shape index (κ3) is 7.79. The molecule has 1 aromatic rings. The van der Waals surface area contributed by atoms with Crippen LogP contribution in [0.1, 0.15) is 5.56 Å². The summed E-state index contributed by atoms with van der Waals surface area (Å²) in [6, 6.07) is 8.61. The number of ether oxygens (including phenoxy) is 1. The molecule has 0 amide bonds. The van der Waals surface area contributed by atoms with Crippen molar-refractivity contribution >= 4 is 29.9 Å². The molecule has 2 N–H and O–H groups in total. The molecule has 1 aromatic carbocycles. The molecule has 0 aromatic heterocycles. The number of likely N-dealkylation sites (N-methyl/N-ethyl adjacent to an activating group) is 2. The van der Waals surface area contributed by atoms with Gasteiger partial charge in [-0.15, -0.1) is 24.0 Å². The summed E-state index contributed by atoms with van der Waals surface area (Å²) in [6.07, 6.45) is 0. The summed E-state index contributed by atoms with van der Waals surface area (Å²) in [6.45, 7) is 7.61. The predicted octanol–water partition coefficient (Wildman–Crippen LogP) is 1.40. The normalized spacial score (nSPS) is 19.2. The number of piperazine rings is 1. The molecule has 6 nitrogen and oxygen atoms in total. The van der Waals surface area contributed by atoms with Gasteiger partial charge in [0.25, 0.3) is 0 Å². The van der Waals surface area contributed by atoms with Crippen molar-refractivity contribution in [2.24, 2.45) is 4.99 Å². The minimum Gasteiger partial charge on any atom is -0.492 e. The van der Waals surface area contributed by atoms with Gasteiger partial charge in [-0.25, -0.2) is 0 Å². The van der Waals surface area contributed by atoms with Crippen molar-refractivity contribution in [3.63, 3.8) is 0 Å².